The molecule has 21 heavy (non-hydrogen) atoms. The van der Waals surface area contributed by atoms with E-state index < -0.39 is 0 Å². The maximum Gasteiger partial charge on any atom is 0.133 e. The molecule has 3 rings (SSSR count). The van der Waals surface area contributed by atoms with E-state index in [0.717, 1.165) is 12.2 Å². The Kier molecular flexibility index (Phi) is 4.73. The Balaban J connectivity index is 1.50. The van der Waals surface area contributed by atoms with Gasteiger partial charge in [-0.05, 0) is 50.2 Å². The fraction of sp³-hybridized carbons (Fsp3) is 0.444. The van der Waals surface area contributed by atoms with Crippen molar-refractivity contribution in [3.63, 3.8) is 0 Å². The molecule has 0 radical (unpaired) electrons. The molecule has 0 N–H and O–H groups in total. The van der Waals surface area contributed by atoms with Crippen LogP contribution < -0.4 is 0 Å². The first-order chi connectivity index (χ1) is 10.3. The van der Waals surface area contributed by atoms with Crippen LogP contribution in [0.1, 0.15) is 12.0 Å². The molecule has 0 bridgehead atoms. The van der Waals surface area contributed by atoms with Crippen molar-refractivity contribution in [3.8, 4) is 11.3 Å². The Hall–Kier alpha value is -1.58. The molecule has 1 aromatic heterocycles. The standard InChI is InChI=1S/C18H24N2O/c1-19-10-12-20(13-11-19)9-3-6-16-5-2-7-17(15-16)18-8-4-14-21-18/h2,4-5,7-8,14-15H,3,6,9-13H2,1H3. The monoisotopic (exact) mass is 284 g/mol. The molecule has 2 aromatic rings. The number of furan rings is 1. The summed E-state index contributed by atoms with van der Waals surface area (Å²) in [6.07, 6.45) is 4.10. The first-order valence-corrected chi connectivity index (χ1v) is 7.85. The van der Waals surface area contributed by atoms with E-state index in [0.29, 0.717) is 0 Å². The van der Waals surface area contributed by atoms with E-state index in [4.69, 9.17) is 4.42 Å². The van der Waals surface area contributed by atoms with E-state index >= 15 is 0 Å². The normalized spacial score (nSPS) is 17.2. The average Bonchev–Trinajstić information content (AvgIpc) is 3.04. The second-order valence-electron chi connectivity index (χ2n) is 5.93. The second-order valence-corrected chi connectivity index (χ2v) is 5.93. The Bertz CT molecular complexity index is 542. The molecule has 1 fully saturated rings. The molecule has 1 saturated heterocycles. The molecule has 0 saturated carbocycles. The molecule has 3 nitrogen and oxygen atoms in total. The lowest BCUT2D eigenvalue weighted by Gasteiger charge is -2.32. The Morgan fingerprint density at radius 3 is 2.67 bits per heavy atom. The van der Waals surface area contributed by atoms with Crippen LogP contribution in [0.3, 0.4) is 0 Å². The maximum absolute atomic E-state index is 5.47. The topological polar surface area (TPSA) is 19.6 Å². The average molecular weight is 284 g/mol. The third-order valence-corrected chi connectivity index (χ3v) is 4.27. The predicted octanol–water partition coefficient (Wildman–Crippen LogP) is 3.13. The van der Waals surface area contributed by atoms with Crippen LogP contribution in [0, 0.1) is 0 Å². The van der Waals surface area contributed by atoms with Gasteiger partial charge in [0.05, 0.1) is 6.26 Å². The van der Waals surface area contributed by atoms with E-state index in [2.05, 4.69) is 41.1 Å². The van der Waals surface area contributed by atoms with Gasteiger partial charge in [-0.1, -0.05) is 18.2 Å². The van der Waals surface area contributed by atoms with Crippen LogP contribution in [-0.4, -0.2) is 49.6 Å². The van der Waals surface area contributed by atoms with Gasteiger partial charge in [0.1, 0.15) is 5.76 Å². The summed E-state index contributed by atoms with van der Waals surface area (Å²) in [7, 11) is 2.21. The predicted molar refractivity (Wildman–Crippen MR) is 86.4 cm³/mol. The fourth-order valence-electron chi connectivity index (χ4n) is 2.90. The van der Waals surface area contributed by atoms with Gasteiger partial charge in [0, 0.05) is 31.7 Å². The van der Waals surface area contributed by atoms with Crippen LogP contribution >= 0.6 is 0 Å². The van der Waals surface area contributed by atoms with Gasteiger partial charge >= 0.3 is 0 Å². The second kappa shape index (κ2) is 6.92. The number of likely N-dealkylation sites (N-methyl/N-ethyl adjacent to an activating group) is 1. The van der Waals surface area contributed by atoms with E-state index in [-0.39, 0.29) is 0 Å². The van der Waals surface area contributed by atoms with Crippen LogP contribution in [0.15, 0.2) is 47.1 Å². The molecule has 112 valence electrons. The summed E-state index contributed by atoms with van der Waals surface area (Å²) < 4.78 is 5.47. The van der Waals surface area contributed by atoms with Crippen LogP contribution in [-0.2, 0) is 6.42 Å². The minimum absolute atomic E-state index is 0.955. The maximum atomic E-state index is 5.47. The van der Waals surface area contributed by atoms with E-state index in [9.17, 15) is 0 Å². The summed E-state index contributed by atoms with van der Waals surface area (Å²) in [5.41, 5.74) is 2.58. The number of hydrogen-bond donors (Lipinski definition) is 0. The molecule has 0 amide bonds. The molecule has 0 atom stereocenters. The third-order valence-electron chi connectivity index (χ3n) is 4.27. The number of rotatable bonds is 5. The molecule has 0 unspecified atom stereocenters. The Morgan fingerprint density at radius 1 is 1.05 bits per heavy atom. The quantitative estimate of drug-likeness (QED) is 0.841. The first kappa shape index (κ1) is 14.4. The molecule has 0 spiro atoms. The zero-order valence-corrected chi connectivity index (χ0v) is 12.8. The molecule has 3 heteroatoms. The summed E-state index contributed by atoms with van der Waals surface area (Å²) >= 11 is 0. The lowest BCUT2D eigenvalue weighted by molar-refractivity contribution is 0.153. The summed E-state index contributed by atoms with van der Waals surface area (Å²) in [5.74, 6) is 0.955. The van der Waals surface area contributed by atoms with Gasteiger partial charge in [0.15, 0.2) is 0 Å². The van der Waals surface area contributed by atoms with Crippen molar-refractivity contribution in [1.82, 2.24) is 9.80 Å². The Labute approximate surface area is 127 Å². The van der Waals surface area contributed by atoms with Crippen LogP contribution in [0.2, 0.25) is 0 Å². The highest BCUT2D eigenvalue weighted by molar-refractivity contribution is 5.58. The van der Waals surface area contributed by atoms with E-state index in [1.807, 2.05) is 12.1 Å². The van der Waals surface area contributed by atoms with Crippen molar-refractivity contribution in [2.45, 2.75) is 12.8 Å². The number of piperazine rings is 1. The van der Waals surface area contributed by atoms with E-state index in [1.54, 1.807) is 6.26 Å². The van der Waals surface area contributed by atoms with Crippen molar-refractivity contribution in [1.29, 1.82) is 0 Å². The fourth-order valence-corrected chi connectivity index (χ4v) is 2.90. The summed E-state index contributed by atoms with van der Waals surface area (Å²) in [5, 5.41) is 0. The zero-order chi connectivity index (χ0) is 14.5. The minimum Gasteiger partial charge on any atom is -0.464 e. The summed E-state index contributed by atoms with van der Waals surface area (Å²) in [6, 6.07) is 12.7. The van der Waals surface area contributed by atoms with Gasteiger partial charge < -0.3 is 14.2 Å². The summed E-state index contributed by atoms with van der Waals surface area (Å²) in [4.78, 5) is 4.99. The van der Waals surface area contributed by atoms with Gasteiger partial charge in [-0.25, -0.2) is 0 Å². The molecular weight excluding hydrogens is 260 g/mol. The van der Waals surface area contributed by atoms with Crippen molar-refractivity contribution in [2.75, 3.05) is 39.8 Å². The minimum atomic E-state index is 0.955. The smallest absolute Gasteiger partial charge is 0.133 e. The van der Waals surface area contributed by atoms with Crippen LogP contribution in [0.25, 0.3) is 11.3 Å². The van der Waals surface area contributed by atoms with E-state index in [1.165, 1.54) is 50.3 Å². The SMILES string of the molecule is CN1CCN(CCCc2cccc(-c3ccco3)c2)CC1. The highest BCUT2D eigenvalue weighted by atomic mass is 16.3. The Morgan fingerprint density at radius 2 is 1.90 bits per heavy atom. The van der Waals surface area contributed by atoms with Gasteiger partial charge in [-0.15, -0.1) is 0 Å². The van der Waals surface area contributed by atoms with Crippen molar-refractivity contribution >= 4 is 0 Å². The third kappa shape index (κ3) is 3.96. The number of hydrogen-bond acceptors (Lipinski definition) is 3. The van der Waals surface area contributed by atoms with Gasteiger partial charge in [-0.2, -0.15) is 0 Å². The van der Waals surface area contributed by atoms with Crippen molar-refractivity contribution in [2.24, 2.45) is 0 Å². The van der Waals surface area contributed by atoms with Crippen LogP contribution in [0.4, 0.5) is 0 Å². The molecule has 0 aliphatic carbocycles. The highest BCUT2D eigenvalue weighted by Crippen LogP contribution is 2.21. The van der Waals surface area contributed by atoms with Gasteiger partial charge in [0.2, 0.25) is 0 Å². The van der Waals surface area contributed by atoms with Gasteiger partial charge in [0.25, 0.3) is 0 Å². The van der Waals surface area contributed by atoms with Crippen molar-refractivity contribution < 1.29 is 4.42 Å². The molecule has 1 aliphatic rings. The zero-order valence-electron chi connectivity index (χ0n) is 12.8. The first-order valence-electron chi connectivity index (χ1n) is 7.85. The molecule has 1 aliphatic heterocycles. The highest BCUT2D eigenvalue weighted by Gasteiger charge is 2.12. The van der Waals surface area contributed by atoms with Crippen molar-refractivity contribution in [3.05, 3.63) is 48.2 Å². The molecule has 2 heterocycles. The van der Waals surface area contributed by atoms with Crippen LogP contribution in [0.5, 0.6) is 0 Å². The largest absolute Gasteiger partial charge is 0.464 e. The number of aryl methyl sites for hydroxylation is 1. The molecular formula is C18H24N2O. The lowest BCUT2D eigenvalue weighted by atomic mass is 10.0. The summed E-state index contributed by atoms with van der Waals surface area (Å²) in [6.45, 7) is 6.03. The molecule has 1 aromatic carbocycles. The van der Waals surface area contributed by atoms with Gasteiger partial charge in [-0.3, -0.25) is 0 Å². The number of nitrogens with zero attached hydrogens (tertiary/aromatic N) is 2. The number of benzene rings is 1. The lowest BCUT2D eigenvalue weighted by Crippen LogP contribution is -2.44.